The maximum absolute atomic E-state index is 12.8. The highest BCUT2D eigenvalue weighted by Crippen LogP contribution is 2.25. The van der Waals surface area contributed by atoms with Gasteiger partial charge in [-0.1, -0.05) is 6.92 Å². The topological polar surface area (TPSA) is 13.1 Å². The maximum Gasteiger partial charge on any atom is 0.137 e. The summed E-state index contributed by atoms with van der Waals surface area (Å²) in [4.78, 5) is 0. The Labute approximate surface area is 86.3 Å². The Hall–Kier alpha value is -0.960. The Bertz CT molecular complexity index is 436. The number of hydrogen-bond acceptors (Lipinski definition) is 2. The van der Waals surface area contributed by atoms with Gasteiger partial charge >= 0.3 is 0 Å². The van der Waals surface area contributed by atoms with Crippen LogP contribution in [0.3, 0.4) is 0 Å². The van der Waals surface area contributed by atoms with Crippen molar-refractivity contribution in [2.24, 2.45) is 0 Å². The van der Waals surface area contributed by atoms with E-state index in [0.717, 1.165) is 22.5 Å². The molecule has 0 aliphatic heterocycles. The summed E-state index contributed by atoms with van der Waals surface area (Å²) >= 11 is 1.83. The third kappa shape index (κ3) is 1.77. The van der Waals surface area contributed by atoms with E-state index < -0.39 is 0 Å². The van der Waals surface area contributed by atoms with Crippen molar-refractivity contribution in [2.75, 3.05) is 5.75 Å². The molecule has 2 rings (SSSR count). The fourth-order valence-corrected chi connectivity index (χ4v) is 2.03. The zero-order chi connectivity index (χ0) is 9.97. The predicted molar refractivity (Wildman–Crippen MR) is 58.0 cm³/mol. The smallest absolute Gasteiger partial charge is 0.137 e. The van der Waals surface area contributed by atoms with E-state index in [0.29, 0.717) is 5.58 Å². The van der Waals surface area contributed by atoms with Gasteiger partial charge in [0.15, 0.2) is 0 Å². The molecule has 0 N–H and O–H groups in total. The third-order valence-corrected chi connectivity index (χ3v) is 3.00. The minimum Gasteiger partial charge on any atom is -0.464 e. The second kappa shape index (κ2) is 4.05. The highest BCUT2D eigenvalue weighted by atomic mass is 32.2. The van der Waals surface area contributed by atoms with E-state index in [1.54, 1.807) is 12.3 Å². The molecule has 0 saturated carbocycles. The van der Waals surface area contributed by atoms with E-state index in [2.05, 4.69) is 6.92 Å². The lowest BCUT2D eigenvalue weighted by atomic mass is 10.2. The first-order valence-corrected chi connectivity index (χ1v) is 5.70. The number of thioether (sulfide) groups is 1. The molecule has 2 aromatic rings. The third-order valence-electron chi connectivity index (χ3n) is 2.08. The summed E-state index contributed by atoms with van der Waals surface area (Å²) in [5, 5.41) is 1.02. The standard InChI is InChI=1S/C11H11FOS/c1-2-14-7-8-6-13-11-5-9(12)3-4-10(8)11/h3-6H,2,7H2,1H3. The van der Waals surface area contributed by atoms with Gasteiger partial charge in [-0.15, -0.1) is 0 Å². The van der Waals surface area contributed by atoms with E-state index in [-0.39, 0.29) is 5.82 Å². The van der Waals surface area contributed by atoms with Crippen molar-refractivity contribution >= 4 is 22.7 Å². The summed E-state index contributed by atoms with van der Waals surface area (Å²) in [6.07, 6.45) is 1.72. The average Bonchev–Trinajstić information content (AvgIpc) is 2.57. The summed E-state index contributed by atoms with van der Waals surface area (Å²) < 4.78 is 18.1. The van der Waals surface area contributed by atoms with E-state index in [4.69, 9.17) is 4.42 Å². The van der Waals surface area contributed by atoms with Crippen molar-refractivity contribution in [2.45, 2.75) is 12.7 Å². The molecule has 14 heavy (non-hydrogen) atoms. The van der Waals surface area contributed by atoms with Gasteiger partial charge in [0.2, 0.25) is 0 Å². The first-order valence-electron chi connectivity index (χ1n) is 4.54. The molecule has 0 aliphatic rings. The van der Waals surface area contributed by atoms with Crippen molar-refractivity contribution in [3.8, 4) is 0 Å². The Morgan fingerprint density at radius 3 is 3.07 bits per heavy atom. The first-order chi connectivity index (χ1) is 6.81. The molecule has 0 radical (unpaired) electrons. The van der Waals surface area contributed by atoms with Gasteiger partial charge < -0.3 is 4.42 Å². The van der Waals surface area contributed by atoms with E-state index in [9.17, 15) is 4.39 Å². The number of rotatable bonds is 3. The van der Waals surface area contributed by atoms with Gasteiger partial charge in [0.05, 0.1) is 6.26 Å². The van der Waals surface area contributed by atoms with Gasteiger partial charge in [-0.3, -0.25) is 0 Å². The van der Waals surface area contributed by atoms with Gasteiger partial charge in [0.1, 0.15) is 11.4 Å². The van der Waals surface area contributed by atoms with Crippen molar-refractivity contribution in [3.05, 3.63) is 35.8 Å². The molecule has 3 heteroatoms. The fourth-order valence-electron chi connectivity index (χ4n) is 1.38. The molecule has 1 aromatic heterocycles. The van der Waals surface area contributed by atoms with Crippen LogP contribution in [0.2, 0.25) is 0 Å². The molecule has 0 saturated heterocycles. The predicted octanol–water partition coefficient (Wildman–Crippen LogP) is 3.83. The van der Waals surface area contributed by atoms with Crippen LogP contribution in [-0.4, -0.2) is 5.75 Å². The average molecular weight is 210 g/mol. The zero-order valence-electron chi connectivity index (χ0n) is 7.92. The van der Waals surface area contributed by atoms with Gasteiger partial charge in [0, 0.05) is 22.8 Å². The Kier molecular flexibility index (Phi) is 2.77. The van der Waals surface area contributed by atoms with Crippen LogP contribution in [0.4, 0.5) is 4.39 Å². The van der Waals surface area contributed by atoms with Gasteiger partial charge in [-0.2, -0.15) is 11.8 Å². The number of benzene rings is 1. The fraction of sp³-hybridized carbons (Fsp3) is 0.273. The molecule has 0 fully saturated rings. The molecule has 1 heterocycles. The molecule has 0 atom stereocenters. The van der Waals surface area contributed by atoms with Crippen LogP contribution in [0.1, 0.15) is 12.5 Å². The lowest BCUT2D eigenvalue weighted by Gasteiger charge is -1.95. The number of furan rings is 1. The molecule has 1 aromatic carbocycles. The highest BCUT2D eigenvalue weighted by molar-refractivity contribution is 7.98. The Morgan fingerprint density at radius 1 is 1.43 bits per heavy atom. The molecule has 0 amide bonds. The van der Waals surface area contributed by atoms with Crippen molar-refractivity contribution < 1.29 is 8.81 Å². The summed E-state index contributed by atoms with van der Waals surface area (Å²) in [6.45, 7) is 2.12. The van der Waals surface area contributed by atoms with Crippen LogP contribution in [0.25, 0.3) is 11.0 Å². The Morgan fingerprint density at radius 2 is 2.29 bits per heavy atom. The van der Waals surface area contributed by atoms with Crippen molar-refractivity contribution in [1.29, 1.82) is 0 Å². The largest absolute Gasteiger partial charge is 0.464 e. The lowest BCUT2D eigenvalue weighted by Crippen LogP contribution is -1.78. The second-order valence-electron chi connectivity index (χ2n) is 3.04. The number of halogens is 1. The first kappa shape index (κ1) is 9.59. The highest BCUT2D eigenvalue weighted by Gasteiger charge is 2.05. The maximum atomic E-state index is 12.8. The summed E-state index contributed by atoms with van der Waals surface area (Å²) in [7, 11) is 0. The zero-order valence-corrected chi connectivity index (χ0v) is 8.73. The monoisotopic (exact) mass is 210 g/mol. The molecule has 74 valence electrons. The number of hydrogen-bond donors (Lipinski definition) is 0. The number of fused-ring (bicyclic) bond motifs is 1. The molecule has 0 bridgehead atoms. The van der Waals surface area contributed by atoms with Crippen molar-refractivity contribution in [1.82, 2.24) is 0 Å². The minimum absolute atomic E-state index is 0.249. The second-order valence-corrected chi connectivity index (χ2v) is 4.31. The Balaban J connectivity index is 2.37. The molecule has 1 nitrogen and oxygen atoms in total. The summed E-state index contributed by atoms with van der Waals surface area (Å²) in [5.41, 5.74) is 1.78. The minimum atomic E-state index is -0.249. The van der Waals surface area contributed by atoms with Gasteiger partial charge in [-0.25, -0.2) is 4.39 Å². The molecular formula is C11H11FOS. The van der Waals surface area contributed by atoms with Crippen LogP contribution in [0.15, 0.2) is 28.9 Å². The van der Waals surface area contributed by atoms with Crippen LogP contribution in [0.5, 0.6) is 0 Å². The van der Waals surface area contributed by atoms with Crippen LogP contribution in [0, 0.1) is 5.82 Å². The molecular weight excluding hydrogens is 199 g/mol. The SMILES string of the molecule is CCSCc1coc2cc(F)ccc12. The lowest BCUT2D eigenvalue weighted by molar-refractivity contribution is 0.597. The van der Waals surface area contributed by atoms with E-state index >= 15 is 0 Å². The summed E-state index contributed by atoms with van der Waals surface area (Å²) in [6, 6.07) is 4.67. The quantitative estimate of drug-likeness (QED) is 0.763. The normalized spacial score (nSPS) is 11.0. The van der Waals surface area contributed by atoms with Crippen LogP contribution in [-0.2, 0) is 5.75 Å². The van der Waals surface area contributed by atoms with Crippen LogP contribution >= 0.6 is 11.8 Å². The van der Waals surface area contributed by atoms with E-state index in [1.165, 1.54) is 12.1 Å². The molecule has 0 unspecified atom stereocenters. The van der Waals surface area contributed by atoms with Crippen molar-refractivity contribution in [3.63, 3.8) is 0 Å². The van der Waals surface area contributed by atoms with Crippen LogP contribution < -0.4 is 0 Å². The molecule has 0 aliphatic carbocycles. The molecule has 0 spiro atoms. The summed E-state index contributed by atoms with van der Waals surface area (Å²) in [5.74, 6) is 1.75. The van der Waals surface area contributed by atoms with E-state index in [1.807, 2.05) is 11.8 Å². The van der Waals surface area contributed by atoms with Gasteiger partial charge in [-0.05, 0) is 17.9 Å². The van der Waals surface area contributed by atoms with Gasteiger partial charge in [0.25, 0.3) is 0 Å².